The van der Waals surface area contributed by atoms with Crippen LogP contribution in [0.5, 0.6) is 0 Å². The van der Waals surface area contributed by atoms with Crippen LogP contribution < -0.4 is 16.8 Å². The minimum atomic E-state index is -2.87. The molecule has 0 aromatic carbocycles. The quantitative estimate of drug-likeness (QED) is 0.352. The highest BCUT2D eigenvalue weighted by molar-refractivity contribution is 7.33. The van der Waals surface area contributed by atoms with Crippen molar-refractivity contribution >= 4 is 16.5 Å². The summed E-state index contributed by atoms with van der Waals surface area (Å²) in [6.45, 7) is 4.29. The molecule has 0 aliphatic carbocycles. The molecule has 0 amide bonds. The number of hydrogen-bond acceptors (Lipinski definition) is 7. The largest absolute Gasteiger partial charge is 0.697 e. The molecule has 9 nitrogen and oxygen atoms in total. The van der Waals surface area contributed by atoms with Gasteiger partial charge in [-0.1, -0.05) is 0 Å². The molecule has 11 heteroatoms. The summed E-state index contributed by atoms with van der Waals surface area (Å²) in [6, 6.07) is 0. The molecule has 0 aromatic rings. The van der Waals surface area contributed by atoms with Crippen molar-refractivity contribution in [1.82, 2.24) is 5.32 Å². The fourth-order valence-electron chi connectivity index (χ4n) is 1.03. The lowest BCUT2D eigenvalue weighted by Gasteiger charge is -1.97. The van der Waals surface area contributed by atoms with E-state index in [0.717, 1.165) is 32.4 Å². The zero-order valence-corrected chi connectivity index (χ0v) is 13.2. The molecule has 120 valence electrons. The average molecular weight is 333 g/mol. The van der Waals surface area contributed by atoms with E-state index < -0.39 is 16.5 Å². The van der Waals surface area contributed by atoms with E-state index in [1.807, 2.05) is 0 Å². The molecule has 1 heterocycles. The minimum absolute atomic E-state index is 0.579. The van der Waals surface area contributed by atoms with Crippen molar-refractivity contribution in [2.75, 3.05) is 39.4 Å². The van der Waals surface area contributed by atoms with Gasteiger partial charge in [0.05, 0.1) is 0 Å². The fraction of sp³-hybridized carbons (Fsp3) is 1.00. The lowest BCUT2D eigenvalue weighted by molar-refractivity contribution is 0.198. The Morgan fingerprint density at radius 3 is 1.80 bits per heavy atom. The molecule has 20 heavy (non-hydrogen) atoms. The summed E-state index contributed by atoms with van der Waals surface area (Å²) in [6.07, 6.45) is 3.12. The van der Waals surface area contributed by atoms with Crippen LogP contribution >= 0.6 is 16.5 Å². The lowest BCUT2D eigenvalue weighted by Crippen LogP contribution is -2.27. The normalized spacial score (nSPS) is 14.9. The van der Waals surface area contributed by atoms with Gasteiger partial charge < -0.3 is 16.8 Å². The summed E-state index contributed by atoms with van der Waals surface area (Å²) >= 11 is 0. The summed E-state index contributed by atoms with van der Waals surface area (Å²) in [5, 5.41) is 3.03. The first-order chi connectivity index (χ1) is 9.54. The maximum Gasteiger partial charge on any atom is 0.697 e. The Bertz CT molecular complexity index is 230. The third kappa shape index (κ3) is 26.5. The van der Waals surface area contributed by atoms with Crippen LogP contribution in [0, 0.1) is 0 Å². The molecule has 0 bridgehead atoms. The molecular formula is C9H25N3O6P2+2. The predicted molar refractivity (Wildman–Crippen MR) is 76.4 cm³/mol. The summed E-state index contributed by atoms with van der Waals surface area (Å²) in [5.41, 5.74) is 10.3. The van der Waals surface area contributed by atoms with Crippen LogP contribution in [-0.4, -0.2) is 49.2 Å². The van der Waals surface area contributed by atoms with Crippen LogP contribution in [0.15, 0.2) is 0 Å². The number of hydrogen-bond donors (Lipinski definition) is 5. The summed E-state index contributed by atoms with van der Waals surface area (Å²) in [4.78, 5) is 14.2. The number of rotatable bonds is 4. The van der Waals surface area contributed by atoms with E-state index in [0.29, 0.717) is 26.3 Å². The average Bonchev–Trinajstić information content (AvgIpc) is 2.35. The standard InChI is InChI=1S/C5H10O3P.C4H13N3.HO3P/c6-9-7-4-2-1-3-5-8-9;5-1-3-7-4-2-6;1-4(2)3/h1-5H2;7H,1-6H2;(H-,1,2,3)/q+1;;/p+1. The van der Waals surface area contributed by atoms with Gasteiger partial charge >= 0.3 is 16.5 Å². The van der Waals surface area contributed by atoms with Gasteiger partial charge in [0, 0.05) is 35.3 Å². The van der Waals surface area contributed by atoms with Gasteiger partial charge in [0.2, 0.25) is 0 Å². The van der Waals surface area contributed by atoms with Gasteiger partial charge in [-0.3, -0.25) is 0 Å². The number of nitrogens with one attached hydrogen (secondary N) is 1. The molecule has 1 saturated heterocycles. The second-order valence-electron chi connectivity index (χ2n) is 3.53. The van der Waals surface area contributed by atoms with Crippen molar-refractivity contribution in [3.8, 4) is 0 Å². The summed E-state index contributed by atoms with van der Waals surface area (Å²) in [5.74, 6) is 0. The molecule has 0 aromatic heterocycles. The van der Waals surface area contributed by atoms with Crippen LogP contribution in [0.1, 0.15) is 19.3 Å². The van der Waals surface area contributed by atoms with Crippen LogP contribution in [-0.2, 0) is 18.2 Å². The van der Waals surface area contributed by atoms with Crippen molar-refractivity contribution in [2.24, 2.45) is 11.5 Å². The van der Waals surface area contributed by atoms with Gasteiger partial charge in [0.15, 0.2) is 0 Å². The van der Waals surface area contributed by atoms with E-state index in [2.05, 4.69) is 5.32 Å². The molecule has 1 rings (SSSR count). The maximum absolute atomic E-state index is 10.5. The summed E-state index contributed by atoms with van der Waals surface area (Å²) in [7, 11) is -4.66. The topological polar surface area (TPSA) is 157 Å². The molecule has 7 N–H and O–H groups in total. The Balaban J connectivity index is 0. The van der Waals surface area contributed by atoms with Crippen molar-refractivity contribution in [1.29, 1.82) is 0 Å². The molecule has 0 atom stereocenters. The third-order valence-corrected chi connectivity index (χ3v) is 2.61. The van der Waals surface area contributed by atoms with E-state index in [-0.39, 0.29) is 0 Å². The Morgan fingerprint density at radius 1 is 1.05 bits per heavy atom. The third-order valence-electron chi connectivity index (χ3n) is 1.82. The van der Waals surface area contributed by atoms with E-state index in [1.165, 1.54) is 0 Å². The molecule has 1 aliphatic rings. The summed E-state index contributed by atoms with van der Waals surface area (Å²) < 4.78 is 28.8. The van der Waals surface area contributed by atoms with Crippen LogP contribution in [0.4, 0.5) is 0 Å². The Morgan fingerprint density at radius 2 is 1.45 bits per heavy atom. The van der Waals surface area contributed by atoms with Crippen molar-refractivity contribution in [3.63, 3.8) is 0 Å². The first-order valence-corrected chi connectivity index (χ1v) is 8.49. The van der Waals surface area contributed by atoms with E-state index >= 15 is 0 Å². The van der Waals surface area contributed by atoms with E-state index in [4.69, 9.17) is 34.9 Å². The van der Waals surface area contributed by atoms with Crippen molar-refractivity contribution in [3.05, 3.63) is 0 Å². The van der Waals surface area contributed by atoms with Gasteiger partial charge in [-0.25, -0.2) is 0 Å². The number of nitrogens with two attached hydrogens (primary N) is 2. The highest BCUT2D eigenvalue weighted by atomic mass is 31.1. The first-order valence-electron chi connectivity index (χ1n) is 6.23. The smallest absolute Gasteiger partial charge is 0.329 e. The Kier molecular flexibility index (Phi) is 21.0. The second-order valence-corrected chi connectivity index (χ2v) is 5.00. The SMILES string of the molecule is NCCNCCN.O=[P+](O)O.O=[P+]1OCCCCCO1. The molecule has 1 aliphatic heterocycles. The van der Waals surface area contributed by atoms with Crippen LogP contribution in [0.3, 0.4) is 0 Å². The fourth-order valence-corrected chi connectivity index (χ4v) is 1.66. The molecule has 0 spiro atoms. The Hall–Kier alpha value is -0.0800. The molecule has 0 saturated carbocycles. The zero-order chi connectivity index (χ0) is 15.6. The molecule has 0 radical (unpaired) electrons. The van der Waals surface area contributed by atoms with Gasteiger partial charge in [0.1, 0.15) is 13.2 Å². The second kappa shape index (κ2) is 18.9. The lowest BCUT2D eigenvalue weighted by atomic mass is 10.2. The molecule has 1 fully saturated rings. The minimum Gasteiger partial charge on any atom is -0.329 e. The highest BCUT2D eigenvalue weighted by Gasteiger charge is 2.20. The van der Waals surface area contributed by atoms with Gasteiger partial charge in [-0.15, -0.1) is 18.8 Å². The predicted octanol–water partition coefficient (Wildman–Crippen LogP) is -0.0173. The zero-order valence-electron chi connectivity index (χ0n) is 11.4. The van der Waals surface area contributed by atoms with Crippen molar-refractivity contribution in [2.45, 2.75) is 19.3 Å². The van der Waals surface area contributed by atoms with E-state index in [1.54, 1.807) is 0 Å². The Labute approximate surface area is 120 Å². The molecule has 0 unspecified atom stereocenters. The highest BCUT2D eigenvalue weighted by Crippen LogP contribution is 2.26. The maximum atomic E-state index is 10.5. The van der Waals surface area contributed by atoms with Crippen LogP contribution in [0.2, 0.25) is 0 Å². The van der Waals surface area contributed by atoms with Gasteiger partial charge in [-0.05, 0) is 19.3 Å². The van der Waals surface area contributed by atoms with Gasteiger partial charge in [-0.2, -0.15) is 0 Å². The molecular weight excluding hydrogens is 308 g/mol. The van der Waals surface area contributed by atoms with E-state index in [9.17, 15) is 4.57 Å². The van der Waals surface area contributed by atoms with Gasteiger partial charge in [0.25, 0.3) is 0 Å². The first kappa shape index (κ1) is 22.2. The monoisotopic (exact) mass is 333 g/mol. The van der Waals surface area contributed by atoms with Crippen LogP contribution in [0.25, 0.3) is 0 Å². The van der Waals surface area contributed by atoms with Crippen molar-refractivity contribution < 1.29 is 28.0 Å².